The Labute approximate surface area is 103 Å². The number of carbonyl (C=O) groups excluding carboxylic acids is 1. The minimum absolute atomic E-state index is 0.143. The predicted molar refractivity (Wildman–Crippen MR) is 71.8 cm³/mol. The molecule has 1 aromatic carbocycles. The van der Waals surface area contributed by atoms with Crippen LogP contribution in [0.1, 0.15) is 36.2 Å². The highest BCUT2D eigenvalue weighted by atomic mass is 16.1. The maximum Gasteiger partial charge on any atom is 0.159 e. The number of nitrogens with zero attached hydrogens (tertiary/aromatic N) is 1. The van der Waals surface area contributed by atoms with Crippen molar-refractivity contribution in [1.29, 1.82) is 0 Å². The van der Waals surface area contributed by atoms with Crippen LogP contribution in [0.5, 0.6) is 0 Å². The number of hydrogen-bond donors (Lipinski definition) is 0. The summed E-state index contributed by atoms with van der Waals surface area (Å²) in [4.78, 5) is 13.7. The van der Waals surface area contributed by atoms with E-state index >= 15 is 0 Å². The van der Waals surface area contributed by atoms with Gasteiger partial charge in [-0.1, -0.05) is 19.1 Å². The minimum atomic E-state index is 0.143. The van der Waals surface area contributed by atoms with Gasteiger partial charge in [0.05, 0.1) is 0 Å². The highest BCUT2D eigenvalue weighted by molar-refractivity contribution is 5.94. The molecule has 0 fully saturated rings. The van der Waals surface area contributed by atoms with Crippen LogP contribution in [0.15, 0.2) is 30.4 Å². The summed E-state index contributed by atoms with van der Waals surface area (Å²) >= 11 is 0. The number of benzene rings is 1. The SMILES string of the molecule is C=C(CC)CN1CCc2cc(C(C)=O)ccc21. The summed E-state index contributed by atoms with van der Waals surface area (Å²) in [7, 11) is 0. The van der Waals surface area contributed by atoms with Gasteiger partial charge in [-0.25, -0.2) is 0 Å². The Morgan fingerprint density at radius 2 is 2.24 bits per heavy atom. The average molecular weight is 229 g/mol. The van der Waals surface area contributed by atoms with Gasteiger partial charge in [0.25, 0.3) is 0 Å². The molecule has 0 saturated carbocycles. The first-order chi connectivity index (χ1) is 8.11. The lowest BCUT2D eigenvalue weighted by atomic mass is 10.1. The number of Topliss-reactive ketones (excluding diaryl/α,β-unsaturated/α-hetero) is 1. The fraction of sp³-hybridized carbons (Fsp3) is 0.400. The van der Waals surface area contributed by atoms with Crippen molar-refractivity contribution in [2.24, 2.45) is 0 Å². The standard InChI is InChI=1S/C15H19NO/c1-4-11(2)10-16-8-7-14-9-13(12(3)17)5-6-15(14)16/h5-6,9H,2,4,7-8,10H2,1,3H3. The second kappa shape index (κ2) is 4.74. The van der Waals surface area contributed by atoms with Crippen molar-refractivity contribution in [1.82, 2.24) is 0 Å². The van der Waals surface area contributed by atoms with Gasteiger partial charge in [-0.2, -0.15) is 0 Å². The summed E-state index contributed by atoms with van der Waals surface area (Å²) in [5.74, 6) is 0.143. The van der Waals surface area contributed by atoms with Crippen molar-refractivity contribution in [2.75, 3.05) is 18.0 Å². The average Bonchev–Trinajstić information content (AvgIpc) is 2.71. The number of fused-ring (bicyclic) bond motifs is 1. The molecule has 0 bridgehead atoms. The Hall–Kier alpha value is -1.57. The number of ketones is 1. The van der Waals surface area contributed by atoms with E-state index in [1.807, 2.05) is 12.1 Å². The van der Waals surface area contributed by atoms with Crippen LogP contribution >= 0.6 is 0 Å². The van der Waals surface area contributed by atoms with Crippen molar-refractivity contribution in [3.63, 3.8) is 0 Å². The summed E-state index contributed by atoms with van der Waals surface area (Å²) in [6.07, 6.45) is 2.06. The van der Waals surface area contributed by atoms with E-state index in [9.17, 15) is 4.79 Å². The topological polar surface area (TPSA) is 20.3 Å². The molecule has 0 saturated heterocycles. The molecule has 0 aromatic heterocycles. The summed E-state index contributed by atoms with van der Waals surface area (Å²) in [5.41, 5.74) is 4.64. The smallest absolute Gasteiger partial charge is 0.159 e. The Morgan fingerprint density at radius 3 is 2.88 bits per heavy atom. The van der Waals surface area contributed by atoms with Crippen molar-refractivity contribution >= 4 is 11.5 Å². The maximum absolute atomic E-state index is 11.3. The van der Waals surface area contributed by atoms with Gasteiger partial charge in [0, 0.05) is 24.3 Å². The normalized spacial score (nSPS) is 13.6. The molecule has 1 aliphatic heterocycles. The molecule has 0 spiro atoms. The van der Waals surface area contributed by atoms with E-state index in [0.717, 1.165) is 31.5 Å². The molecule has 0 amide bonds. The molecule has 2 nitrogen and oxygen atoms in total. The van der Waals surface area contributed by atoms with Crippen LogP contribution in [-0.4, -0.2) is 18.9 Å². The van der Waals surface area contributed by atoms with Crippen molar-refractivity contribution < 1.29 is 4.79 Å². The number of anilines is 1. The molecule has 2 rings (SSSR count). The zero-order chi connectivity index (χ0) is 12.4. The predicted octanol–water partition coefficient (Wildman–Crippen LogP) is 3.22. The molecular formula is C15H19NO. The fourth-order valence-electron chi connectivity index (χ4n) is 2.24. The van der Waals surface area contributed by atoms with E-state index in [4.69, 9.17) is 0 Å². The molecule has 1 aliphatic rings. The van der Waals surface area contributed by atoms with Crippen LogP contribution in [0.2, 0.25) is 0 Å². The van der Waals surface area contributed by atoms with E-state index in [1.165, 1.54) is 16.8 Å². The van der Waals surface area contributed by atoms with Crippen LogP contribution in [0.3, 0.4) is 0 Å². The van der Waals surface area contributed by atoms with E-state index < -0.39 is 0 Å². The third-order valence-electron chi connectivity index (χ3n) is 3.39. The molecule has 2 heteroatoms. The van der Waals surface area contributed by atoms with Crippen LogP contribution < -0.4 is 4.90 Å². The zero-order valence-corrected chi connectivity index (χ0v) is 10.6. The van der Waals surface area contributed by atoms with E-state index in [0.29, 0.717) is 0 Å². The first kappa shape index (κ1) is 11.9. The van der Waals surface area contributed by atoms with Crippen LogP contribution in [0.25, 0.3) is 0 Å². The Bertz CT molecular complexity index is 462. The van der Waals surface area contributed by atoms with Gasteiger partial charge in [-0.15, -0.1) is 0 Å². The minimum Gasteiger partial charge on any atom is -0.367 e. The molecule has 0 N–H and O–H groups in total. The monoisotopic (exact) mass is 229 g/mol. The molecule has 17 heavy (non-hydrogen) atoms. The van der Waals surface area contributed by atoms with Gasteiger partial charge in [0.2, 0.25) is 0 Å². The summed E-state index contributed by atoms with van der Waals surface area (Å²) < 4.78 is 0. The largest absolute Gasteiger partial charge is 0.367 e. The highest BCUT2D eigenvalue weighted by Gasteiger charge is 2.19. The van der Waals surface area contributed by atoms with Crippen molar-refractivity contribution in [3.8, 4) is 0 Å². The quantitative estimate of drug-likeness (QED) is 0.583. The summed E-state index contributed by atoms with van der Waals surface area (Å²) in [6, 6.07) is 6.03. The number of hydrogen-bond acceptors (Lipinski definition) is 2. The number of rotatable bonds is 4. The van der Waals surface area contributed by atoms with E-state index in [-0.39, 0.29) is 5.78 Å². The Balaban J connectivity index is 2.21. The molecule has 0 atom stereocenters. The maximum atomic E-state index is 11.3. The van der Waals surface area contributed by atoms with Crippen LogP contribution in [0, 0.1) is 0 Å². The fourth-order valence-corrected chi connectivity index (χ4v) is 2.24. The molecule has 0 radical (unpaired) electrons. The van der Waals surface area contributed by atoms with Gasteiger partial charge in [0.1, 0.15) is 0 Å². The van der Waals surface area contributed by atoms with Crippen LogP contribution in [-0.2, 0) is 6.42 Å². The lowest BCUT2D eigenvalue weighted by molar-refractivity contribution is 0.101. The first-order valence-corrected chi connectivity index (χ1v) is 6.17. The second-order valence-electron chi connectivity index (χ2n) is 4.67. The third kappa shape index (κ3) is 2.41. The van der Waals surface area contributed by atoms with Crippen molar-refractivity contribution in [2.45, 2.75) is 26.7 Å². The molecule has 90 valence electrons. The Morgan fingerprint density at radius 1 is 1.47 bits per heavy atom. The van der Waals surface area contributed by atoms with Gasteiger partial charge >= 0.3 is 0 Å². The summed E-state index contributed by atoms with van der Waals surface area (Å²) in [5, 5.41) is 0. The molecule has 0 unspecified atom stereocenters. The lowest BCUT2D eigenvalue weighted by Gasteiger charge is -2.20. The van der Waals surface area contributed by atoms with E-state index in [1.54, 1.807) is 6.92 Å². The van der Waals surface area contributed by atoms with Gasteiger partial charge in [-0.05, 0) is 43.5 Å². The molecule has 1 aromatic rings. The van der Waals surface area contributed by atoms with E-state index in [2.05, 4.69) is 24.5 Å². The first-order valence-electron chi connectivity index (χ1n) is 6.17. The molecular weight excluding hydrogens is 210 g/mol. The zero-order valence-electron chi connectivity index (χ0n) is 10.6. The second-order valence-corrected chi connectivity index (χ2v) is 4.67. The van der Waals surface area contributed by atoms with Crippen molar-refractivity contribution in [3.05, 3.63) is 41.5 Å². The van der Waals surface area contributed by atoms with Gasteiger partial charge in [0.15, 0.2) is 5.78 Å². The molecule has 0 aliphatic carbocycles. The molecule has 1 heterocycles. The number of carbonyl (C=O) groups is 1. The van der Waals surface area contributed by atoms with Gasteiger partial charge in [-0.3, -0.25) is 4.79 Å². The highest BCUT2D eigenvalue weighted by Crippen LogP contribution is 2.29. The third-order valence-corrected chi connectivity index (χ3v) is 3.39. The van der Waals surface area contributed by atoms with Crippen LogP contribution in [0.4, 0.5) is 5.69 Å². The Kier molecular flexibility index (Phi) is 3.32. The summed E-state index contributed by atoms with van der Waals surface area (Å²) in [6.45, 7) is 9.79. The lowest BCUT2D eigenvalue weighted by Crippen LogP contribution is -2.22. The van der Waals surface area contributed by atoms with Gasteiger partial charge < -0.3 is 4.90 Å².